The smallest absolute Gasteiger partial charge is 0.304 e. The van der Waals surface area contributed by atoms with E-state index in [-0.39, 0.29) is 12.8 Å². The maximum Gasteiger partial charge on any atom is 0.304 e. The Morgan fingerprint density at radius 1 is 1.29 bits per heavy atom. The van der Waals surface area contributed by atoms with Gasteiger partial charge in [-0.05, 0) is 61.2 Å². The van der Waals surface area contributed by atoms with Crippen molar-refractivity contribution in [2.45, 2.75) is 51.6 Å². The molecule has 3 atom stereocenters. The number of ether oxygens (including phenoxy) is 2. The van der Waals surface area contributed by atoms with Gasteiger partial charge < -0.3 is 9.47 Å². The Bertz CT molecular complexity index is 359. The van der Waals surface area contributed by atoms with Crippen molar-refractivity contribution in [3.63, 3.8) is 0 Å². The molecule has 2 spiro atoms. The first kappa shape index (κ1) is 10.4. The molecule has 4 bridgehead atoms. The molecule has 3 unspecified atom stereocenters. The highest BCUT2D eigenvalue weighted by atomic mass is 16.7. The van der Waals surface area contributed by atoms with Gasteiger partial charge in [-0.15, -0.1) is 0 Å². The van der Waals surface area contributed by atoms with Gasteiger partial charge in [-0.1, -0.05) is 0 Å². The standard InChI is InChI=1S/C14H20O3/c1-9(15)16-8-17-12-11-2-10-3-13(5-11)6-14(12,4-10)7-13/h10-12H,2-8H2,1H3. The minimum Gasteiger partial charge on any atom is -0.439 e. The number of carbonyl (C=O) groups is 1. The summed E-state index contributed by atoms with van der Waals surface area (Å²) in [6.07, 6.45) is 8.73. The molecule has 7 saturated carbocycles. The average molecular weight is 236 g/mol. The molecule has 94 valence electrons. The third kappa shape index (κ3) is 1.29. The highest BCUT2D eigenvalue weighted by molar-refractivity contribution is 5.65. The van der Waals surface area contributed by atoms with Crippen molar-refractivity contribution in [2.75, 3.05) is 6.79 Å². The Kier molecular flexibility index (Phi) is 1.86. The van der Waals surface area contributed by atoms with Crippen LogP contribution in [0.25, 0.3) is 0 Å². The lowest BCUT2D eigenvalue weighted by molar-refractivity contribution is -0.303. The van der Waals surface area contributed by atoms with Gasteiger partial charge in [0, 0.05) is 6.92 Å². The van der Waals surface area contributed by atoms with E-state index in [1.807, 2.05) is 0 Å². The van der Waals surface area contributed by atoms with Gasteiger partial charge in [-0.25, -0.2) is 0 Å². The molecule has 17 heavy (non-hydrogen) atoms. The van der Waals surface area contributed by atoms with Crippen molar-refractivity contribution >= 4 is 5.97 Å². The van der Waals surface area contributed by atoms with Crippen molar-refractivity contribution in [3.8, 4) is 0 Å². The summed E-state index contributed by atoms with van der Waals surface area (Å²) in [4.78, 5) is 10.8. The van der Waals surface area contributed by atoms with Gasteiger partial charge in [-0.3, -0.25) is 4.79 Å². The molecule has 0 amide bonds. The van der Waals surface area contributed by atoms with Crippen LogP contribution in [-0.4, -0.2) is 18.9 Å². The Balaban J connectivity index is 1.48. The average Bonchev–Trinajstić information content (AvgIpc) is 2.18. The molecule has 0 radical (unpaired) electrons. The number of rotatable bonds is 3. The van der Waals surface area contributed by atoms with Gasteiger partial charge in [0.15, 0.2) is 6.79 Å². The van der Waals surface area contributed by atoms with Crippen LogP contribution in [-0.2, 0) is 14.3 Å². The van der Waals surface area contributed by atoms with E-state index in [2.05, 4.69) is 0 Å². The van der Waals surface area contributed by atoms with E-state index >= 15 is 0 Å². The summed E-state index contributed by atoms with van der Waals surface area (Å²) in [5, 5.41) is 0. The van der Waals surface area contributed by atoms with Crippen LogP contribution in [0.1, 0.15) is 45.4 Å². The van der Waals surface area contributed by atoms with Crippen molar-refractivity contribution in [1.82, 2.24) is 0 Å². The SMILES string of the molecule is CC(=O)OCOC1C2CC3CC4(C2)CC1(C3)C4. The number of hydrogen-bond acceptors (Lipinski definition) is 3. The minimum atomic E-state index is -0.239. The van der Waals surface area contributed by atoms with Crippen LogP contribution in [0.15, 0.2) is 0 Å². The topological polar surface area (TPSA) is 35.5 Å². The molecule has 0 aromatic rings. The Labute approximate surface area is 102 Å². The molecule has 7 aliphatic carbocycles. The van der Waals surface area contributed by atoms with Crippen LogP contribution in [0.2, 0.25) is 0 Å². The summed E-state index contributed by atoms with van der Waals surface area (Å²) in [6.45, 7) is 1.60. The Morgan fingerprint density at radius 3 is 2.76 bits per heavy atom. The van der Waals surface area contributed by atoms with Crippen LogP contribution < -0.4 is 0 Å². The third-order valence-corrected chi connectivity index (χ3v) is 5.74. The normalized spacial score (nSPS) is 53.4. The summed E-state index contributed by atoms with van der Waals surface area (Å²) < 4.78 is 10.9. The Hall–Kier alpha value is -0.570. The highest BCUT2D eigenvalue weighted by Crippen LogP contribution is 2.77. The molecular weight excluding hydrogens is 216 g/mol. The molecule has 0 saturated heterocycles. The molecule has 0 aromatic heterocycles. The van der Waals surface area contributed by atoms with Crippen molar-refractivity contribution in [1.29, 1.82) is 0 Å². The fourth-order valence-electron chi connectivity index (χ4n) is 6.00. The van der Waals surface area contributed by atoms with E-state index < -0.39 is 0 Å². The second-order valence-corrected chi connectivity index (χ2v) is 7.03. The molecule has 0 N–H and O–H groups in total. The molecule has 7 fully saturated rings. The van der Waals surface area contributed by atoms with Crippen LogP contribution in [0, 0.1) is 22.7 Å². The second kappa shape index (κ2) is 3.05. The van der Waals surface area contributed by atoms with Gasteiger partial charge in [0.25, 0.3) is 0 Å². The first-order chi connectivity index (χ1) is 8.11. The Morgan fingerprint density at radius 2 is 2.12 bits per heavy atom. The van der Waals surface area contributed by atoms with Gasteiger partial charge in [0.2, 0.25) is 0 Å². The monoisotopic (exact) mass is 236 g/mol. The summed E-state index contributed by atoms with van der Waals surface area (Å²) in [5.74, 6) is 1.49. The quantitative estimate of drug-likeness (QED) is 0.558. The summed E-state index contributed by atoms with van der Waals surface area (Å²) in [6, 6.07) is 0. The molecule has 7 rings (SSSR count). The van der Waals surface area contributed by atoms with Crippen LogP contribution >= 0.6 is 0 Å². The first-order valence-corrected chi connectivity index (χ1v) is 6.86. The maximum absolute atomic E-state index is 10.8. The zero-order valence-corrected chi connectivity index (χ0v) is 10.4. The molecular formula is C14H20O3. The van der Waals surface area contributed by atoms with Gasteiger partial charge in [0.05, 0.1) is 6.10 Å². The fraction of sp³-hybridized carbons (Fsp3) is 0.929. The lowest BCUT2D eigenvalue weighted by Gasteiger charge is -2.75. The summed E-state index contributed by atoms with van der Waals surface area (Å²) >= 11 is 0. The third-order valence-electron chi connectivity index (χ3n) is 5.74. The summed E-state index contributed by atoms with van der Waals surface area (Å²) in [7, 11) is 0. The van der Waals surface area contributed by atoms with E-state index in [1.165, 1.54) is 45.4 Å². The van der Waals surface area contributed by atoms with Crippen molar-refractivity contribution in [2.24, 2.45) is 22.7 Å². The van der Waals surface area contributed by atoms with Gasteiger partial charge >= 0.3 is 5.97 Å². The van der Waals surface area contributed by atoms with Crippen molar-refractivity contribution in [3.05, 3.63) is 0 Å². The van der Waals surface area contributed by atoms with Gasteiger partial charge in [-0.2, -0.15) is 0 Å². The fourth-order valence-corrected chi connectivity index (χ4v) is 6.00. The first-order valence-electron chi connectivity index (χ1n) is 6.86. The van der Waals surface area contributed by atoms with E-state index in [0.29, 0.717) is 16.9 Å². The van der Waals surface area contributed by atoms with Gasteiger partial charge in [0.1, 0.15) is 0 Å². The van der Waals surface area contributed by atoms with E-state index in [9.17, 15) is 4.79 Å². The van der Waals surface area contributed by atoms with Crippen LogP contribution in [0.3, 0.4) is 0 Å². The lowest BCUT2D eigenvalue weighted by Crippen LogP contribution is -2.69. The lowest BCUT2D eigenvalue weighted by atomic mass is 9.31. The largest absolute Gasteiger partial charge is 0.439 e. The van der Waals surface area contributed by atoms with Crippen LogP contribution in [0.4, 0.5) is 0 Å². The number of carbonyl (C=O) groups excluding carboxylic acids is 1. The minimum absolute atomic E-state index is 0.163. The maximum atomic E-state index is 10.8. The second-order valence-electron chi connectivity index (χ2n) is 7.03. The van der Waals surface area contributed by atoms with E-state index in [4.69, 9.17) is 9.47 Å². The van der Waals surface area contributed by atoms with E-state index in [1.54, 1.807) is 0 Å². The predicted molar refractivity (Wildman–Crippen MR) is 61.1 cm³/mol. The molecule has 3 heteroatoms. The molecule has 0 aliphatic heterocycles. The molecule has 0 heterocycles. The highest BCUT2D eigenvalue weighted by Gasteiger charge is 2.71. The number of esters is 1. The zero-order chi connectivity index (χ0) is 11.7. The zero-order valence-electron chi connectivity index (χ0n) is 10.4. The van der Waals surface area contributed by atoms with Crippen molar-refractivity contribution < 1.29 is 14.3 Å². The van der Waals surface area contributed by atoms with Crippen LogP contribution in [0.5, 0.6) is 0 Å². The van der Waals surface area contributed by atoms with E-state index in [0.717, 1.165) is 11.8 Å². The summed E-state index contributed by atoms with van der Waals surface area (Å²) in [5.41, 5.74) is 1.19. The molecule has 7 aliphatic rings. The molecule has 3 nitrogen and oxygen atoms in total. The predicted octanol–water partition coefficient (Wildman–Crippen LogP) is 2.49. The molecule has 0 aromatic carbocycles. The number of hydrogen-bond donors (Lipinski definition) is 0.